The molecule has 2 aromatic heterocycles. The van der Waals surface area contributed by atoms with Crippen molar-refractivity contribution in [1.82, 2.24) is 9.97 Å². The second kappa shape index (κ2) is 5.70. The van der Waals surface area contributed by atoms with Gasteiger partial charge in [-0.05, 0) is 23.8 Å². The predicted octanol–water partition coefficient (Wildman–Crippen LogP) is 1.89. The number of para-hydroxylation sites is 1. The number of sulfonamides is 1. The number of rotatable bonds is 4. The number of aromatic nitrogens is 2. The van der Waals surface area contributed by atoms with Gasteiger partial charge in [-0.1, -0.05) is 24.3 Å². The molecule has 6 nitrogen and oxygen atoms in total. The summed E-state index contributed by atoms with van der Waals surface area (Å²) in [5.41, 5.74) is 1.81. The van der Waals surface area contributed by atoms with Gasteiger partial charge in [-0.3, -0.25) is 4.98 Å². The number of hydrogen-bond acceptors (Lipinski definition) is 5. The van der Waals surface area contributed by atoms with Gasteiger partial charge in [-0.2, -0.15) is 0 Å². The summed E-state index contributed by atoms with van der Waals surface area (Å²) >= 11 is 0. The van der Waals surface area contributed by atoms with E-state index in [0.717, 1.165) is 16.5 Å². The first-order valence-corrected chi connectivity index (χ1v) is 8.14. The maximum Gasteiger partial charge on any atom is 0.241 e. The minimum absolute atomic E-state index is 0.0248. The van der Waals surface area contributed by atoms with E-state index in [1.165, 1.54) is 18.3 Å². The molecule has 0 atom stereocenters. The standard InChI is InChI=1S/C15H14N4O2S/c16-22(20,21)13-7-3-9-18-15(13)19-10-12-5-1-4-11-6-2-8-17-14(11)12/h1-9H,10H2,(H,18,19)(H2,16,20,21). The van der Waals surface area contributed by atoms with Crippen molar-refractivity contribution in [2.45, 2.75) is 11.4 Å². The molecule has 0 bridgehead atoms. The van der Waals surface area contributed by atoms with Crippen LogP contribution in [0.5, 0.6) is 0 Å². The Morgan fingerprint density at radius 3 is 2.55 bits per heavy atom. The Morgan fingerprint density at radius 2 is 1.73 bits per heavy atom. The van der Waals surface area contributed by atoms with Gasteiger partial charge in [-0.15, -0.1) is 0 Å². The zero-order valence-electron chi connectivity index (χ0n) is 11.6. The highest BCUT2D eigenvalue weighted by Crippen LogP contribution is 2.20. The summed E-state index contributed by atoms with van der Waals surface area (Å²) in [4.78, 5) is 8.39. The van der Waals surface area contributed by atoms with Gasteiger partial charge in [0.05, 0.1) is 5.52 Å². The SMILES string of the molecule is NS(=O)(=O)c1cccnc1NCc1cccc2cccnc12. The number of fused-ring (bicyclic) bond motifs is 1. The van der Waals surface area contributed by atoms with E-state index >= 15 is 0 Å². The van der Waals surface area contributed by atoms with Crippen LogP contribution in [0.15, 0.2) is 59.8 Å². The Labute approximate surface area is 128 Å². The molecular weight excluding hydrogens is 300 g/mol. The smallest absolute Gasteiger partial charge is 0.241 e. The average Bonchev–Trinajstić information content (AvgIpc) is 2.52. The van der Waals surface area contributed by atoms with Gasteiger partial charge in [0.15, 0.2) is 0 Å². The van der Waals surface area contributed by atoms with E-state index in [1.807, 2.05) is 30.3 Å². The van der Waals surface area contributed by atoms with E-state index < -0.39 is 10.0 Å². The maximum atomic E-state index is 11.6. The molecule has 1 aromatic carbocycles. The van der Waals surface area contributed by atoms with Crippen LogP contribution >= 0.6 is 0 Å². The minimum Gasteiger partial charge on any atom is -0.365 e. The lowest BCUT2D eigenvalue weighted by molar-refractivity contribution is 0.597. The van der Waals surface area contributed by atoms with Crippen molar-refractivity contribution in [1.29, 1.82) is 0 Å². The molecule has 0 radical (unpaired) electrons. The van der Waals surface area contributed by atoms with E-state index in [9.17, 15) is 8.42 Å². The van der Waals surface area contributed by atoms with E-state index in [4.69, 9.17) is 5.14 Å². The summed E-state index contributed by atoms with van der Waals surface area (Å²) in [5, 5.41) is 9.24. The fourth-order valence-electron chi connectivity index (χ4n) is 2.24. The molecule has 0 unspecified atom stereocenters. The molecule has 0 aliphatic heterocycles. The first-order chi connectivity index (χ1) is 10.6. The molecule has 2 heterocycles. The zero-order valence-corrected chi connectivity index (χ0v) is 12.4. The van der Waals surface area contributed by atoms with Crippen LogP contribution in [0.2, 0.25) is 0 Å². The van der Waals surface area contributed by atoms with Gasteiger partial charge in [0.1, 0.15) is 10.7 Å². The molecule has 22 heavy (non-hydrogen) atoms. The molecule has 3 N–H and O–H groups in total. The van der Waals surface area contributed by atoms with E-state index in [0.29, 0.717) is 6.54 Å². The first kappa shape index (κ1) is 14.4. The molecule has 3 rings (SSSR count). The average molecular weight is 314 g/mol. The normalized spacial score (nSPS) is 11.5. The Kier molecular flexibility index (Phi) is 3.74. The number of benzene rings is 1. The number of hydrogen-bond donors (Lipinski definition) is 2. The molecule has 0 amide bonds. The maximum absolute atomic E-state index is 11.6. The molecule has 112 valence electrons. The topological polar surface area (TPSA) is 98.0 Å². The van der Waals surface area contributed by atoms with Gasteiger partial charge in [-0.25, -0.2) is 18.5 Å². The summed E-state index contributed by atoms with van der Waals surface area (Å²) in [7, 11) is -3.82. The van der Waals surface area contributed by atoms with Gasteiger partial charge in [0, 0.05) is 24.3 Å². The molecule has 0 saturated heterocycles. The van der Waals surface area contributed by atoms with Gasteiger partial charge in [0.25, 0.3) is 0 Å². The summed E-state index contributed by atoms with van der Waals surface area (Å²) in [6, 6.07) is 12.6. The fourth-order valence-corrected chi connectivity index (χ4v) is 2.90. The molecule has 3 aromatic rings. The van der Waals surface area contributed by atoms with E-state index in [2.05, 4.69) is 15.3 Å². The summed E-state index contributed by atoms with van der Waals surface area (Å²) in [5.74, 6) is 0.234. The second-order valence-corrected chi connectivity index (χ2v) is 6.27. The molecule has 0 fully saturated rings. The van der Waals surface area contributed by atoms with Crippen molar-refractivity contribution in [3.05, 3.63) is 60.4 Å². The van der Waals surface area contributed by atoms with Crippen LogP contribution in [0.3, 0.4) is 0 Å². The first-order valence-electron chi connectivity index (χ1n) is 6.60. The van der Waals surface area contributed by atoms with Gasteiger partial charge in [0.2, 0.25) is 10.0 Å². The Balaban J connectivity index is 1.93. The molecule has 0 saturated carbocycles. The number of nitrogens with zero attached hydrogens (tertiary/aromatic N) is 2. The molecule has 0 aliphatic carbocycles. The molecular formula is C15H14N4O2S. The molecule has 7 heteroatoms. The third-order valence-electron chi connectivity index (χ3n) is 3.24. The van der Waals surface area contributed by atoms with Crippen molar-refractivity contribution in [3.63, 3.8) is 0 Å². The number of pyridine rings is 2. The third kappa shape index (κ3) is 2.90. The van der Waals surface area contributed by atoms with Crippen molar-refractivity contribution < 1.29 is 8.42 Å². The van der Waals surface area contributed by atoms with Crippen LogP contribution in [0.25, 0.3) is 10.9 Å². The lowest BCUT2D eigenvalue weighted by atomic mass is 10.1. The quantitative estimate of drug-likeness (QED) is 0.766. The van der Waals surface area contributed by atoms with Crippen LogP contribution in [-0.2, 0) is 16.6 Å². The largest absolute Gasteiger partial charge is 0.365 e. The number of anilines is 1. The van der Waals surface area contributed by atoms with Crippen molar-refractivity contribution in [2.75, 3.05) is 5.32 Å². The van der Waals surface area contributed by atoms with E-state index in [1.54, 1.807) is 6.20 Å². The number of nitrogens with one attached hydrogen (secondary N) is 1. The second-order valence-electron chi connectivity index (χ2n) is 4.74. The van der Waals surface area contributed by atoms with Gasteiger partial charge >= 0.3 is 0 Å². The zero-order chi connectivity index (χ0) is 15.6. The minimum atomic E-state index is -3.82. The van der Waals surface area contributed by atoms with Crippen LogP contribution in [0.1, 0.15) is 5.56 Å². The van der Waals surface area contributed by atoms with Crippen LogP contribution in [0.4, 0.5) is 5.82 Å². The van der Waals surface area contributed by atoms with Gasteiger partial charge < -0.3 is 5.32 Å². The monoisotopic (exact) mass is 314 g/mol. The highest BCUT2D eigenvalue weighted by atomic mass is 32.2. The highest BCUT2D eigenvalue weighted by molar-refractivity contribution is 7.89. The van der Waals surface area contributed by atoms with Crippen LogP contribution in [-0.4, -0.2) is 18.4 Å². The lowest BCUT2D eigenvalue weighted by Gasteiger charge is -2.10. The summed E-state index contributed by atoms with van der Waals surface area (Å²) in [6.45, 7) is 0.397. The summed E-state index contributed by atoms with van der Waals surface area (Å²) < 4.78 is 23.1. The Hall–Kier alpha value is -2.51. The lowest BCUT2D eigenvalue weighted by Crippen LogP contribution is -2.16. The Bertz CT molecular complexity index is 920. The predicted molar refractivity (Wildman–Crippen MR) is 84.7 cm³/mol. The number of primary sulfonamides is 1. The van der Waals surface area contributed by atoms with E-state index in [-0.39, 0.29) is 10.7 Å². The number of nitrogens with two attached hydrogens (primary N) is 1. The third-order valence-corrected chi connectivity index (χ3v) is 4.18. The van der Waals surface area contributed by atoms with Crippen molar-refractivity contribution in [2.24, 2.45) is 5.14 Å². The van der Waals surface area contributed by atoms with Crippen molar-refractivity contribution >= 4 is 26.7 Å². The molecule has 0 spiro atoms. The Morgan fingerprint density at radius 1 is 1.00 bits per heavy atom. The van der Waals surface area contributed by atoms with Crippen molar-refractivity contribution in [3.8, 4) is 0 Å². The van der Waals surface area contributed by atoms with Crippen LogP contribution in [0, 0.1) is 0 Å². The fraction of sp³-hybridized carbons (Fsp3) is 0.0667. The highest BCUT2D eigenvalue weighted by Gasteiger charge is 2.14. The molecule has 0 aliphatic rings. The summed E-state index contributed by atoms with van der Waals surface area (Å²) in [6.07, 6.45) is 3.24. The van der Waals surface area contributed by atoms with Crippen LogP contribution < -0.4 is 10.5 Å².